The lowest BCUT2D eigenvalue weighted by molar-refractivity contribution is 0.0930. The summed E-state index contributed by atoms with van der Waals surface area (Å²) in [4.78, 5) is 12.0. The maximum atomic E-state index is 12.0. The Hall–Kier alpha value is -3.05. The van der Waals surface area contributed by atoms with Crippen molar-refractivity contribution in [3.8, 4) is 17.9 Å². The Balaban J connectivity index is 2.11. The maximum Gasteiger partial charge on any atom is 0.253 e. The third-order valence-electron chi connectivity index (χ3n) is 2.60. The van der Waals surface area contributed by atoms with Gasteiger partial charge in [-0.05, 0) is 37.3 Å². The molecule has 1 heterocycles. The Kier molecular flexibility index (Phi) is 4.16. The lowest BCUT2D eigenvalue weighted by atomic mass is 10.1. The molecule has 5 heteroatoms. The standard InChI is InChI=1S/C15H12N4O/c1-2-4-12-5-7-13(8-6-12)15(20)18-14(11-16)19-10-3-9-17-19/h3,5-10,14H,1H3,(H,18,20). The molecule has 1 unspecified atom stereocenters. The normalized spacial score (nSPS) is 10.8. The zero-order valence-corrected chi connectivity index (χ0v) is 10.9. The molecule has 1 amide bonds. The highest BCUT2D eigenvalue weighted by atomic mass is 16.1. The number of carbonyl (C=O) groups excluding carboxylic acids is 1. The van der Waals surface area contributed by atoms with Gasteiger partial charge in [0.2, 0.25) is 6.17 Å². The van der Waals surface area contributed by atoms with Crippen molar-refractivity contribution in [2.75, 3.05) is 0 Å². The van der Waals surface area contributed by atoms with Gasteiger partial charge in [0.05, 0.1) is 0 Å². The second-order valence-corrected chi connectivity index (χ2v) is 3.94. The van der Waals surface area contributed by atoms with Crippen molar-refractivity contribution in [1.82, 2.24) is 15.1 Å². The summed E-state index contributed by atoms with van der Waals surface area (Å²) in [7, 11) is 0. The quantitative estimate of drug-likeness (QED) is 0.858. The van der Waals surface area contributed by atoms with E-state index in [1.165, 1.54) is 4.68 Å². The van der Waals surface area contributed by atoms with Crippen LogP contribution < -0.4 is 5.32 Å². The molecule has 0 fully saturated rings. The number of nitriles is 1. The predicted octanol–water partition coefficient (Wildman–Crippen LogP) is 1.71. The van der Waals surface area contributed by atoms with Crippen molar-refractivity contribution in [1.29, 1.82) is 5.26 Å². The molecule has 98 valence electrons. The van der Waals surface area contributed by atoms with E-state index in [1.54, 1.807) is 49.6 Å². The minimum atomic E-state index is -0.826. The first-order valence-corrected chi connectivity index (χ1v) is 5.97. The maximum absolute atomic E-state index is 12.0. The van der Waals surface area contributed by atoms with Crippen LogP contribution in [0.15, 0.2) is 42.7 Å². The van der Waals surface area contributed by atoms with Crippen molar-refractivity contribution in [3.05, 3.63) is 53.9 Å². The fourth-order valence-electron chi connectivity index (χ4n) is 1.65. The van der Waals surface area contributed by atoms with E-state index in [2.05, 4.69) is 22.3 Å². The molecule has 5 nitrogen and oxygen atoms in total. The molecule has 0 saturated carbocycles. The molecule has 1 N–H and O–H groups in total. The predicted molar refractivity (Wildman–Crippen MR) is 73.3 cm³/mol. The van der Waals surface area contributed by atoms with Crippen LogP contribution in [-0.2, 0) is 0 Å². The molecule has 1 aromatic heterocycles. The fourth-order valence-corrected chi connectivity index (χ4v) is 1.65. The van der Waals surface area contributed by atoms with E-state index >= 15 is 0 Å². The lowest BCUT2D eigenvalue weighted by Gasteiger charge is -2.11. The van der Waals surface area contributed by atoms with Crippen molar-refractivity contribution in [3.63, 3.8) is 0 Å². The van der Waals surface area contributed by atoms with Gasteiger partial charge < -0.3 is 5.32 Å². The van der Waals surface area contributed by atoms with Crippen LogP contribution in [0.3, 0.4) is 0 Å². The highest BCUT2D eigenvalue weighted by Gasteiger charge is 2.14. The minimum absolute atomic E-state index is 0.331. The van der Waals surface area contributed by atoms with Gasteiger partial charge in [0, 0.05) is 23.5 Å². The van der Waals surface area contributed by atoms with E-state index in [0.717, 1.165) is 5.56 Å². The van der Waals surface area contributed by atoms with E-state index in [1.807, 2.05) is 6.07 Å². The average molecular weight is 264 g/mol. The molecule has 2 rings (SSSR count). The number of nitrogens with one attached hydrogen (secondary N) is 1. The summed E-state index contributed by atoms with van der Waals surface area (Å²) < 4.78 is 1.38. The van der Waals surface area contributed by atoms with E-state index < -0.39 is 6.17 Å². The number of nitrogens with zero attached hydrogens (tertiary/aromatic N) is 3. The third-order valence-corrected chi connectivity index (χ3v) is 2.60. The van der Waals surface area contributed by atoms with Crippen LogP contribution in [0.4, 0.5) is 0 Å². The van der Waals surface area contributed by atoms with E-state index in [-0.39, 0.29) is 5.91 Å². The van der Waals surface area contributed by atoms with E-state index in [4.69, 9.17) is 5.26 Å². The molecular formula is C15H12N4O. The monoisotopic (exact) mass is 264 g/mol. The minimum Gasteiger partial charge on any atom is -0.318 e. The van der Waals surface area contributed by atoms with Crippen molar-refractivity contribution < 1.29 is 4.79 Å². The highest BCUT2D eigenvalue weighted by Crippen LogP contribution is 2.06. The molecule has 0 aliphatic heterocycles. The highest BCUT2D eigenvalue weighted by molar-refractivity contribution is 5.94. The first-order valence-electron chi connectivity index (χ1n) is 5.97. The topological polar surface area (TPSA) is 70.7 Å². The number of rotatable bonds is 3. The van der Waals surface area contributed by atoms with Crippen LogP contribution >= 0.6 is 0 Å². The summed E-state index contributed by atoms with van der Waals surface area (Å²) >= 11 is 0. The summed E-state index contributed by atoms with van der Waals surface area (Å²) in [5.41, 5.74) is 1.31. The Morgan fingerprint density at radius 1 is 1.40 bits per heavy atom. The largest absolute Gasteiger partial charge is 0.318 e. The summed E-state index contributed by atoms with van der Waals surface area (Å²) in [6.07, 6.45) is 2.34. The second-order valence-electron chi connectivity index (χ2n) is 3.94. The molecule has 0 aliphatic rings. The van der Waals surface area contributed by atoms with Gasteiger partial charge in [-0.1, -0.05) is 5.92 Å². The van der Waals surface area contributed by atoms with Gasteiger partial charge in [0.15, 0.2) is 0 Å². The first kappa shape index (κ1) is 13.4. The second kappa shape index (κ2) is 6.21. The van der Waals surface area contributed by atoms with Crippen LogP contribution in [0.5, 0.6) is 0 Å². The molecule has 1 aromatic carbocycles. The Morgan fingerprint density at radius 3 is 2.70 bits per heavy atom. The molecular weight excluding hydrogens is 252 g/mol. The number of aromatic nitrogens is 2. The molecule has 0 bridgehead atoms. The van der Waals surface area contributed by atoms with Crippen LogP contribution in [-0.4, -0.2) is 15.7 Å². The van der Waals surface area contributed by atoms with Gasteiger partial charge >= 0.3 is 0 Å². The molecule has 0 spiro atoms. The van der Waals surface area contributed by atoms with Crippen LogP contribution in [0.1, 0.15) is 29.0 Å². The van der Waals surface area contributed by atoms with E-state index in [0.29, 0.717) is 5.56 Å². The van der Waals surface area contributed by atoms with Gasteiger partial charge in [-0.2, -0.15) is 10.4 Å². The van der Waals surface area contributed by atoms with Crippen LogP contribution in [0.25, 0.3) is 0 Å². The van der Waals surface area contributed by atoms with Gasteiger partial charge in [-0.15, -0.1) is 5.92 Å². The molecule has 0 radical (unpaired) electrons. The lowest BCUT2D eigenvalue weighted by Crippen LogP contribution is -2.31. The number of amides is 1. The molecule has 2 aromatic rings. The van der Waals surface area contributed by atoms with Gasteiger partial charge in [0.25, 0.3) is 5.91 Å². The van der Waals surface area contributed by atoms with Gasteiger partial charge in [0.1, 0.15) is 6.07 Å². The van der Waals surface area contributed by atoms with E-state index in [9.17, 15) is 4.79 Å². The number of hydrogen-bond donors (Lipinski definition) is 1. The zero-order valence-electron chi connectivity index (χ0n) is 10.9. The zero-order chi connectivity index (χ0) is 14.4. The smallest absolute Gasteiger partial charge is 0.253 e. The molecule has 0 aliphatic carbocycles. The Morgan fingerprint density at radius 2 is 2.15 bits per heavy atom. The first-order chi connectivity index (χ1) is 9.74. The number of carbonyl (C=O) groups is 1. The summed E-state index contributed by atoms with van der Waals surface area (Å²) in [6, 6.07) is 10.5. The SMILES string of the molecule is CC#Cc1ccc(C(=O)NC(C#N)n2cccn2)cc1. The van der Waals surface area contributed by atoms with Crippen LogP contribution in [0, 0.1) is 23.2 Å². The Labute approximate surface area is 116 Å². The molecule has 0 saturated heterocycles. The third kappa shape index (κ3) is 3.04. The van der Waals surface area contributed by atoms with Gasteiger partial charge in [-0.25, -0.2) is 4.68 Å². The van der Waals surface area contributed by atoms with Gasteiger partial charge in [-0.3, -0.25) is 4.79 Å². The van der Waals surface area contributed by atoms with Crippen molar-refractivity contribution >= 4 is 5.91 Å². The van der Waals surface area contributed by atoms with Crippen molar-refractivity contribution in [2.24, 2.45) is 0 Å². The van der Waals surface area contributed by atoms with Crippen molar-refractivity contribution in [2.45, 2.75) is 13.1 Å². The molecule has 1 atom stereocenters. The number of hydrogen-bond acceptors (Lipinski definition) is 3. The summed E-state index contributed by atoms with van der Waals surface area (Å²) in [5, 5.41) is 15.6. The Bertz CT molecular complexity index is 684. The van der Waals surface area contributed by atoms with Crippen LogP contribution in [0.2, 0.25) is 0 Å². The average Bonchev–Trinajstić information content (AvgIpc) is 2.99. The number of benzene rings is 1. The fraction of sp³-hybridized carbons (Fsp3) is 0.133. The summed E-state index contributed by atoms with van der Waals surface area (Å²) in [5.74, 6) is 5.36. The summed E-state index contributed by atoms with van der Waals surface area (Å²) in [6.45, 7) is 1.75. The molecule has 20 heavy (non-hydrogen) atoms.